The van der Waals surface area contributed by atoms with E-state index >= 15 is 0 Å². The van der Waals surface area contributed by atoms with Crippen molar-refractivity contribution in [2.45, 2.75) is 32.5 Å². The first-order valence-corrected chi connectivity index (χ1v) is 4.50. The molecule has 0 N–H and O–H groups in total. The van der Waals surface area contributed by atoms with Crippen molar-refractivity contribution in [1.29, 1.82) is 0 Å². The number of hydrogen-bond acceptors (Lipinski definition) is 3. The number of rotatable bonds is 4. The molecule has 0 aromatic carbocycles. The Morgan fingerprint density at radius 1 is 1.53 bits per heavy atom. The highest BCUT2D eigenvalue weighted by Crippen LogP contribution is 2.16. The summed E-state index contributed by atoms with van der Waals surface area (Å²) in [7, 11) is 1.13. The van der Waals surface area contributed by atoms with Crippen LogP contribution in [0.25, 0.3) is 0 Å². The van der Waals surface area contributed by atoms with Gasteiger partial charge < -0.3 is 4.74 Å². The molecule has 0 fully saturated rings. The van der Waals surface area contributed by atoms with Gasteiger partial charge in [0.25, 0.3) is 0 Å². The molecular formula is C9H14F3NO2. The van der Waals surface area contributed by atoms with Crippen LogP contribution in [0.3, 0.4) is 0 Å². The smallest absolute Gasteiger partial charge is 0.426 e. The van der Waals surface area contributed by atoms with Gasteiger partial charge in [0.05, 0.1) is 7.11 Å². The van der Waals surface area contributed by atoms with Gasteiger partial charge in [-0.05, 0) is 5.92 Å². The van der Waals surface area contributed by atoms with Gasteiger partial charge in [-0.2, -0.15) is 13.2 Å². The van der Waals surface area contributed by atoms with Crippen molar-refractivity contribution < 1.29 is 22.7 Å². The van der Waals surface area contributed by atoms with E-state index in [9.17, 15) is 18.0 Å². The molecule has 88 valence electrons. The molecule has 0 aliphatic rings. The summed E-state index contributed by atoms with van der Waals surface area (Å²) in [5.41, 5.74) is 0. The maximum Gasteiger partial charge on any atom is 0.426 e. The van der Waals surface area contributed by atoms with Gasteiger partial charge in [0.2, 0.25) is 0 Å². The second kappa shape index (κ2) is 5.72. The van der Waals surface area contributed by atoms with Crippen LogP contribution in [0.1, 0.15) is 20.3 Å². The lowest BCUT2D eigenvalue weighted by atomic mass is 10.00. The zero-order chi connectivity index (χ0) is 12.1. The van der Waals surface area contributed by atoms with Crippen LogP contribution in [-0.2, 0) is 9.53 Å². The molecule has 2 atom stereocenters. The van der Waals surface area contributed by atoms with Gasteiger partial charge in [0.1, 0.15) is 12.3 Å². The largest absolute Gasteiger partial charge is 0.467 e. The van der Waals surface area contributed by atoms with Gasteiger partial charge in [-0.15, -0.1) is 0 Å². The van der Waals surface area contributed by atoms with Crippen molar-refractivity contribution in [2.24, 2.45) is 10.9 Å². The Hall–Kier alpha value is -1.07. The number of ether oxygens (including phenoxy) is 1. The fraction of sp³-hybridized carbons (Fsp3) is 0.778. The lowest BCUT2D eigenvalue weighted by molar-refractivity contribution is -0.143. The third-order valence-corrected chi connectivity index (χ3v) is 2.01. The number of carbonyl (C=O) groups excluding carboxylic acids is 1. The van der Waals surface area contributed by atoms with Gasteiger partial charge in [-0.3, -0.25) is 4.99 Å². The molecule has 0 aliphatic heterocycles. The zero-order valence-electron chi connectivity index (χ0n) is 8.84. The van der Waals surface area contributed by atoms with E-state index in [1.807, 2.05) is 0 Å². The zero-order valence-corrected chi connectivity index (χ0v) is 8.84. The number of esters is 1. The van der Waals surface area contributed by atoms with Gasteiger partial charge in [0, 0.05) is 0 Å². The second-order valence-electron chi connectivity index (χ2n) is 3.17. The summed E-state index contributed by atoms with van der Waals surface area (Å²) in [6.07, 6.45) is -4.12. The van der Waals surface area contributed by atoms with E-state index in [-0.39, 0.29) is 12.1 Å². The van der Waals surface area contributed by atoms with Crippen molar-refractivity contribution in [1.82, 2.24) is 0 Å². The summed E-state index contributed by atoms with van der Waals surface area (Å²) in [5.74, 6) is -1.03. The first-order chi connectivity index (χ1) is 6.81. The minimum Gasteiger partial charge on any atom is -0.467 e. The molecule has 0 heterocycles. The maximum absolute atomic E-state index is 11.8. The fourth-order valence-corrected chi connectivity index (χ4v) is 0.949. The van der Waals surface area contributed by atoms with Gasteiger partial charge in [-0.25, -0.2) is 4.79 Å². The number of halogens is 3. The summed E-state index contributed by atoms with van der Waals surface area (Å²) in [5, 5.41) is 0. The van der Waals surface area contributed by atoms with E-state index in [1.54, 1.807) is 13.8 Å². The van der Waals surface area contributed by atoms with Crippen LogP contribution in [0.15, 0.2) is 4.99 Å². The van der Waals surface area contributed by atoms with E-state index in [4.69, 9.17) is 0 Å². The van der Waals surface area contributed by atoms with Crippen molar-refractivity contribution in [3.05, 3.63) is 0 Å². The summed E-state index contributed by atoms with van der Waals surface area (Å²) in [4.78, 5) is 14.3. The summed E-state index contributed by atoms with van der Waals surface area (Å²) >= 11 is 0. The van der Waals surface area contributed by atoms with Crippen molar-refractivity contribution in [3.63, 3.8) is 0 Å². The normalized spacial score (nSPS) is 16.4. The molecule has 0 amide bonds. The summed E-state index contributed by atoms with van der Waals surface area (Å²) in [6, 6.07) is -1.08. The summed E-state index contributed by atoms with van der Waals surface area (Å²) in [6.45, 7) is 3.42. The number of methoxy groups -OCH3 is 1. The molecule has 0 spiro atoms. The predicted octanol–water partition coefficient (Wildman–Crippen LogP) is 2.21. The van der Waals surface area contributed by atoms with Crippen molar-refractivity contribution >= 4 is 12.2 Å². The Labute approximate surface area is 86.3 Å². The highest BCUT2D eigenvalue weighted by molar-refractivity contribution is 5.79. The van der Waals surface area contributed by atoms with E-state index in [2.05, 4.69) is 9.73 Å². The first-order valence-electron chi connectivity index (χ1n) is 4.50. The maximum atomic E-state index is 11.8. The van der Waals surface area contributed by atoms with Crippen LogP contribution in [0.4, 0.5) is 13.2 Å². The molecule has 0 radical (unpaired) electrons. The van der Waals surface area contributed by atoms with Crippen LogP contribution in [0.2, 0.25) is 0 Å². The lowest BCUT2D eigenvalue weighted by Gasteiger charge is -2.16. The van der Waals surface area contributed by atoms with Gasteiger partial charge in [-0.1, -0.05) is 20.3 Å². The van der Waals surface area contributed by atoms with E-state index < -0.39 is 18.2 Å². The van der Waals surface area contributed by atoms with Crippen LogP contribution in [0, 0.1) is 5.92 Å². The molecule has 15 heavy (non-hydrogen) atoms. The Balaban J connectivity index is 4.66. The van der Waals surface area contributed by atoms with Gasteiger partial charge in [0.15, 0.2) is 0 Å². The van der Waals surface area contributed by atoms with Crippen LogP contribution >= 0.6 is 0 Å². The second-order valence-corrected chi connectivity index (χ2v) is 3.17. The monoisotopic (exact) mass is 225 g/mol. The number of nitrogens with zero attached hydrogens (tertiary/aromatic N) is 1. The van der Waals surface area contributed by atoms with E-state index in [0.717, 1.165) is 7.11 Å². The highest BCUT2D eigenvalue weighted by Gasteiger charge is 2.28. The number of carbonyl (C=O) groups is 1. The Morgan fingerprint density at radius 2 is 2.07 bits per heavy atom. The van der Waals surface area contributed by atoms with Gasteiger partial charge >= 0.3 is 12.1 Å². The predicted molar refractivity (Wildman–Crippen MR) is 49.8 cm³/mol. The topological polar surface area (TPSA) is 38.7 Å². The summed E-state index contributed by atoms with van der Waals surface area (Å²) < 4.78 is 39.9. The molecule has 6 heteroatoms. The molecule has 0 rings (SSSR count). The molecule has 3 nitrogen and oxygen atoms in total. The average Bonchev–Trinajstić information content (AvgIpc) is 2.15. The van der Waals surface area contributed by atoms with E-state index in [0.29, 0.717) is 6.42 Å². The molecule has 0 bridgehead atoms. The number of aliphatic imine (C=N–C) groups is 1. The third-order valence-electron chi connectivity index (χ3n) is 2.01. The fourth-order valence-electron chi connectivity index (χ4n) is 0.949. The standard InChI is InChI=1S/C9H14F3NO2/c1-4-6(2)7(8(14)15-3)13-5-9(10,11)12/h5-7H,4H2,1-3H3/t6-,7-/m0/s1. The molecule has 0 unspecified atom stereocenters. The van der Waals surface area contributed by atoms with Crippen LogP contribution in [-0.4, -0.2) is 31.5 Å². The molecule has 0 aliphatic carbocycles. The molecule has 0 aromatic rings. The highest BCUT2D eigenvalue weighted by atomic mass is 19.4. The molecular weight excluding hydrogens is 211 g/mol. The molecule has 0 saturated carbocycles. The quantitative estimate of drug-likeness (QED) is 0.543. The molecule has 0 saturated heterocycles. The lowest BCUT2D eigenvalue weighted by Crippen LogP contribution is -2.28. The van der Waals surface area contributed by atoms with Crippen LogP contribution < -0.4 is 0 Å². The minimum atomic E-state index is -4.50. The van der Waals surface area contributed by atoms with Crippen LogP contribution in [0.5, 0.6) is 0 Å². The third kappa shape index (κ3) is 5.39. The number of alkyl halides is 3. The first kappa shape index (κ1) is 13.9. The Bertz CT molecular complexity index is 238. The molecule has 0 aromatic heterocycles. The minimum absolute atomic E-state index is 0.166. The average molecular weight is 225 g/mol. The Morgan fingerprint density at radius 3 is 2.40 bits per heavy atom. The van der Waals surface area contributed by atoms with E-state index in [1.165, 1.54) is 0 Å². The number of hydrogen-bond donors (Lipinski definition) is 0. The SMILES string of the molecule is CC[C@H](C)[C@H](N=CC(F)(F)F)C(=O)OC. The van der Waals surface area contributed by atoms with Crippen molar-refractivity contribution in [2.75, 3.05) is 7.11 Å². The Kier molecular flexibility index (Phi) is 5.32. The van der Waals surface area contributed by atoms with Crippen molar-refractivity contribution in [3.8, 4) is 0 Å².